The van der Waals surface area contributed by atoms with Gasteiger partial charge in [-0.05, 0) is 0 Å². The van der Waals surface area contributed by atoms with Crippen LogP contribution in [-0.2, 0) is 21.5 Å². The van der Waals surface area contributed by atoms with Crippen LogP contribution in [0.3, 0.4) is 0 Å². The molecule has 0 heterocycles. The molecular weight excluding hydrogens is 393 g/mol. The van der Waals surface area contributed by atoms with E-state index in [1.54, 1.807) is 0 Å². The zero-order chi connectivity index (χ0) is 18.9. The molecule has 0 N–H and O–H groups in total. The molecular formula is C22H28F2Zr. The molecule has 0 spiro atoms. The molecule has 1 aromatic rings. The Kier molecular flexibility index (Phi) is 4.43. The van der Waals surface area contributed by atoms with Gasteiger partial charge in [-0.1, -0.05) is 0 Å². The first-order valence-electron chi connectivity index (χ1n) is 8.98. The molecule has 3 heteroatoms. The second-order valence-corrected chi connectivity index (χ2v) is 15.0. The molecule has 0 aromatic heterocycles. The van der Waals surface area contributed by atoms with Gasteiger partial charge in [0.2, 0.25) is 0 Å². The average molecular weight is 422 g/mol. The summed E-state index contributed by atoms with van der Waals surface area (Å²) < 4.78 is 31.1. The van der Waals surface area contributed by atoms with Gasteiger partial charge in [-0.3, -0.25) is 0 Å². The fourth-order valence-corrected chi connectivity index (χ4v) is 13.1. The Morgan fingerprint density at radius 3 is 1.84 bits per heavy atom. The molecule has 0 saturated heterocycles. The van der Waals surface area contributed by atoms with Gasteiger partial charge >= 0.3 is 157 Å². The quantitative estimate of drug-likeness (QED) is 0.462. The Bertz CT molecular complexity index is 844. The van der Waals surface area contributed by atoms with E-state index in [1.165, 1.54) is 0 Å². The summed E-state index contributed by atoms with van der Waals surface area (Å²) in [6.45, 7) is 15.6. The Balaban J connectivity index is 2.26. The van der Waals surface area contributed by atoms with Crippen LogP contribution in [0.1, 0.15) is 67.4 Å². The third kappa shape index (κ3) is 2.30. The number of halogens is 2. The Labute approximate surface area is 156 Å². The van der Waals surface area contributed by atoms with E-state index in [4.69, 9.17) is 0 Å². The molecule has 0 saturated carbocycles. The molecule has 0 nitrogen and oxygen atoms in total. The number of aryl methyl sites for hydroxylation is 2. The molecule has 2 aliphatic carbocycles. The molecule has 0 radical (unpaired) electrons. The average Bonchev–Trinajstić information content (AvgIpc) is 2.99. The van der Waals surface area contributed by atoms with E-state index in [9.17, 15) is 0 Å². The minimum atomic E-state index is -5.67. The summed E-state index contributed by atoms with van der Waals surface area (Å²) >= 11 is -5.67. The second kappa shape index (κ2) is 5.84. The predicted octanol–water partition coefficient (Wildman–Crippen LogP) is 7.55. The number of allylic oxidation sites excluding steroid dienone is 5. The van der Waals surface area contributed by atoms with Crippen molar-refractivity contribution in [2.45, 2.75) is 62.1 Å². The van der Waals surface area contributed by atoms with E-state index in [0.717, 1.165) is 50.1 Å². The Morgan fingerprint density at radius 1 is 0.840 bits per heavy atom. The summed E-state index contributed by atoms with van der Waals surface area (Å²) in [5, 5.41) is 0. The minimum absolute atomic E-state index is 0.655. The summed E-state index contributed by atoms with van der Waals surface area (Å²) in [5.74, 6) is 0. The maximum atomic E-state index is 16.4. The van der Waals surface area contributed by atoms with Crippen LogP contribution in [0.5, 0.6) is 0 Å². The molecule has 0 bridgehead atoms. The van der Waals surface area contributed by atoms with E-state index in [1.807, 2.05) is 67.5 Å². The van der Waals surface area contributed by atoms with Crippen LogP contribution >= 0.6 is 0 Å². The van der Waals surface area contributed by atoms with Crippen LogP contribution < -0.4 is 0 Å². The van der Waals surface area contributed by atoms with Crippen molar-refractivity contribution in [2.24, 2.45) is 0 Å². The summed E-state index contributed by atoms with van der Waals surface area (Å²) in [6, 6.07) is 4.06. The van der Waals surface area contributed by atoms with Crippen molar-refractivity contribution in [3.63, 3.8) is 0 Å². The van der Waals surface area contributed by atoms with Crippen molar-refractivity contribution in [3.8, 4) is 0 Å². The van der Waals surface area contributed by atoms with Crippen LogP contribution in [0.4, 0.5) is 5.25 Å². The summed E-state index contributed by atoms with van der Waals surface area (Å²) in [4.78, 5) is 0. The summed E-state index contributed by atoms with van der Waals surface area (Å²) in [5.41, 5.74) is 8.84. The van der Waals surface area contributed by atoms with Gasteiger partial charge in [-0.25, -0.2) is 0 Å². The fourth-order valence-electron chi connectivity index (χ4n) is 4.82. The van der Waals surface area contributed by atoms with E-state index in [2.05, 4.69) is 6.07 Å². The summed E-state index contributed by atoms with van der Waals surface area (Å²) in [7, 11) is 0. The zero-order valence-corrected chi connectivity index (χ0v) is 19.0. The third-order valence-corrected chi connectivity index (χ3v) is 15.8. The standard InChI is InChI=1S/C12H13.C10H15.2FH.Zr/c1-8-6-11-9(2)4-5-10(3)12(11)7-8;1-6-7(2)9(4)10(5)8(6)3;;;/h4-7H,1-3H3;1-5H3;2*1H;/q;;;;+2/p-2. The van der Waals surface area contributed by atoms with Gasteiger partial charge in [0.05, 0.1) is 0 Å². The van der Waals surface area contributed by atoms with Crippen molar-refractivity contribution < 1.29 is 26.7 Å². The van der Waals surface area contributed by atoms with Crippen LogP contribution in [-0.4, -0.2) is 0 Å². The maximum absolute atomic E-state index is 16.4. The molecule has 0 amide bonds. The number of hydrogen-bond acceptors (Lipinski definition) is 0. The van der Waals surface area contributed by atoms with Crippen molar-refractivity contribution in [3.05, 3.63) is 62.3 Å². The number of fused-ring (bicyclic) bond motifs is 1. The fraction of sp³-hybridized carbons (Fsp3) is 0.455. The first kappa shape index (κ1) is 19.0. The van der Waals surface area contributed by atoms with Gasteiger partial charge in [0.15, 0.2) is 0 Å². The van der Waals surface area contributed by atoms with Crippen molar-refractivity contribution in [1.82, 2.24) is 0 Å². The first-order chi connectivity index (χ1) is 11.5. The monoisotopic (exact) mass is 420 g/mol. The van der Waals surface area contributed by atoms with Gasteiger partial charge in [-0.2, -0.15) is 0 Å². The molecule has 0 aliphatic heterocycles. The molecule has 1 atom stereocenters. The normalized spacial score (nSPS) is 22.6. The predicted molar refractivity (Wildman–Crippen MR) is 99.6 cm³/mol. The van der Waals surface area contributed by atoms with Crippen LogP contribution in [0.25, 0.3) is 6.08 Å². The van der Waals surface area contributed by atoms with E-state index in [-0.39, 0.29) is 0 Å². The third-order valence-electron chi connectivity index (χ3n) is 7.06. The summed E-state index contributed by atoms with van der Waals surface area (Å²) in [6.07, 6.45) is 2.02. The SMILES string of the molecule is CC1=Cc2c(C)ccc(C)c2[CH]1[Zr]([F])([F])[C]1(C)C(C)=C(C)C(C)=C1C. The van der Waals surface area contributed by atoms with Crippen LogP contribution in [0, 0.1) is 13.8 Å². The van der Waals surface area contributed by atoms with Crippen molar-refractivity contribution in [1.29, 1.82) is 0 Å². The second-order valence-electron chi connectivity index (χ2n) is 8.10. The van der Waals surface area contributed by atoms with E-state index >= 15 is 5.25 Å². The number of hydrogen-bond donors (Lipinski definition) is 0. The molecule has 134 valence electrons. The van der Waals surface area contributed by atoms with Crippen LogP contribution in [0.2, 0.25) is 3.12 Å². The van der Waals surface area contributed by atoms with Crippen molar-refractivity contribution >= 4 is 6.08 Å². The van der Waals surface area contributed by atoms with Gasteiger partial charge < -0.3 is 0 Å². The van der Waals surface area contributed by atoms with E-state index < -0.39 is 28.2 Å². The van der Waals surface area contributed by atoms with Gasteiger partial charge in [0.1, 0.15) is 0 Å². The van der Waals surface area contributed by atoms with Gasteiger partial charge in [0, 0.05) is 0 Å². The van der Waals surface area contributed by atoms with Gasteiger partial charge in [-0.15, -0.1) is 0 Å². The van der Waals surface area contributed by atoms with Crippen LogP contribution in [0.15, 0.2) is 40.0 Å². The molecule has 1 aromatic carbocycles. The Morgan fingerprint density at radius 2 is 1.32 bits per heavy atom. The Hall–Kier alpha value is -0.817. The zero-order valence-electron chi connectivity index (χ0n) is 16.6. The van der Waals surface area contributed by atoms with Gasteiger partial charge in [0.25, 0.3) is 0 Å². The molecule has 0 fully saturated rings. The molecule has 25 heavy (non-hydrogen) atoms. The topological polar surface area (TPSA) is 0 Å². The number of rotatable bonds is 2. The molecule has 1 unspecified atom stereocenters. The molecule has 3 rings (SSSR count). The van der Waals surface area contributed by atoms with E-state index in [0.29, 0.717) is 0 Å². The first-order valence-corrected chi connectivity index (χ1v) is 13.5. The number of benzene rings is 1. The van der Waals surface area contributed by atoms with Crippen molar-refractivity contribution in [2.75, 3.05) is 0 Å². The molecule has 2 aliphatic rings.